The highest BCUT2D eigenvalue weighted by atomic mass is 19.4. The Morgan fingerprint density at radius 3 is 2.19 bits per heavy atom. The molecule has 0 aliphatic rings. The summed E-state index contributed by atoms with van der Waals surface area (Å²) in [5, 5.41) is 0. The van der Waals surface area contributed by atoms with Crippen molar-refractivity contribution in [2.75, 3.05) is 6.61 Å². The van der Waals surface area contributed by atoms with Gasteiger partial charge in [0.2, 0.25) is 0 Å². The standard InChI is InChI=1S/C20H21F3O3/c1-13(2)10-11-25-19-9-6-16(12-18(19)14(3)24)15-4-7-17(8-5-15)26-20(21,22)23/h4-9,12-13H,10-11H2,1-3H3. The zero-order valence-electron chi connectivity index (χ0n) is 14.9. The number of carbonyl (C=O) groups excluding carboxylic acids is 1. The van der Waals surface area contributed by atoms with Gasteiger partial charge in [0.25, 0.3) is 0 Å². The molecular weight excluding hydrogens is 345 g/mol. The number of carbonyl (C=O) groups is 1. The molecule has 0 fully saturated rings. The number of rotatable bonds is 7. The number of hydrogen-bond acceptors (Lipinski definition) is 3. The van der Waals surface area contributed by atoms with Crippen LogP contribution >= 0.6 is 0 Å². The first-order chi connectivity index (χ1) is 12.2. The molecule has 2 aromatic carbocycles. The van der Waals surface area contributed by atoms with Crippen LogP contribution in [0, 0.1) is 5.92 Å². The summed E-state index contributed by atoms with van der Waals surface area (Å²) in [6, 6.07) is 10.7. The quantitative estimate of drug-likeness (QED) is 0.574. The normalized spacial score (nSPS) is 11.5. The summed E-state index contributed by atoms with van der Waals surface area (Å²) in [4.78, 5) is 11.9. The molecule has 6 heteroatoms. The first kappa shape index (κ1) is 19.8. The number of alkyl halides is 3. The predicted octanol–water partition coefficient (Wildman–Crippen LogP) is 5.88. The summed E-state index contributed by atoms with van der Waals surface area (Å²) in [5.41, 5.74) is 1.84. The molecule has 0 amide bonds. The predicted molar refractivity (Wildman–Crippen MR) is 93.5 cm³/mol. The third kappa shape index (κ3) is 5.79. The van der Waals surface area contributed by atoms with E-state index in [2.05, 4.69) is 18.6 Å². The number of ketones is 1. The maximum Gasteiger partial charge on any atom is 0.573 e. The molecule has 140 valence electrons. The van der Waals surface area contributed by atoms with E-state index >= 15 is 0 Å². The minimum atomic E-state index is -4.72. The van der Waals surface area contributed by atoms with Gasteiger partial charge in [-0.15, -0.1) is 13.2 Å². The molecule has 0 heterocycles. The van der Waals surface area contributed by atoms with Gasteiger partial charge in [-0.05, 0) is 54.7 Å². The molecule has 0 N–H and O–H groups in total. The van der Waals surface area contributed by atoms with Gasteiger partial charge >= 0.3 is 6.36 Å². The van der Waals surface area contributed by atoms with Crippen LogP contribution < -0.4 is 9.47 Å². The van der Waals surface area contributed by atoms with Crippen molar-refractivity contribution in [3.05, 3.63) is 48.0 Å². The zero-order valence-corrected chi connectivity index (χ0v) is 14.9. The average Bonchev–Trinajstić information content (AvgIpc) is 2.54. The van der Waals surface area contributed by atoms with E-state index in [1.165, 1.54) is 31.2 Å². The third-order valence-electron chi connectivity index (χ3n) is 3.73. The molecule has 3 nitrogen and oxygen atoms in total. The van der Waals surface area contributed by atoms with Crippen LogP contribution in [0.4, 0.5) is 13.2 Å². The topological polar surface area (TPSA) is 35.5 Å². The highest BCUT2D eigenvalue weighted by molar-refractivity contribution is 5.98. The molecule has 0 unspecified atom stereocenters. The molecule has 2 aromatic rings. The van der Waals surface area contributed by atoms with E-state index in [1.807, 2.05) is 0 Å². The fraction of sp³-hybridized carbons (Fsp3) is 0.350. The fourth-order valence-electron chi connectivity index (χ4n) is 2.36. The molecule has 0 aliphatic carbocycles. The van der Waals surface area contributed by atoms with Gasteiger partial charge in [0, 0.05) is 0 Å². The molecule has 0 spiro atoms. The van der Waals surface area contributed by atoms with Gasteiger partial charge in [0.15, 0.2) is 5.78 Å². The molecule has 0 saturated carbocycles. The van der Waals surface area contributed by atoms with E-state index in [0.717, 1.165) is 6.42 Å². The van der Waals surface area contributed by atoms with Gasteiger partial charge in [-0.2, -0.15) is 0 Å². The Hall–Kier alpha value is -2.50. The lowest BCUT2D eigenvalue weighted by molar-refractivity contribution is -0.274. The largest absolute Gasteiger partial charge is 0.573 e. The summed E-state index contributed by atoms with van der Waals surface area (Å²) in [6.45, 7) is 6.14. The van der Waals surface area contributed by atoms with Gasteiger partial charge in [0.1, 0.15) is 11.5 Å². The number of hydrogen-bond donors (Lipinski definition) is 0. The van der Waals surface area contributed by atoms with E-state index in [1.54, 1.807) is 18.2 Å². The van der Waals surface area contributed by atoms with Crippen molar-refractivity contribution in [3.63, 3.8) is 0 Å². The molecule has 0 aliphatic heterocycles. The van der Waals surface area contributed by atoms with Crippen LogP contribution in [0.5, 0.6) is 11.5 Å². The van der Waals surface area contributed by atoms with Gasteiger partial charge < -0.3 is 9.47 Å². The van der Waals surface area contributed by atoms with E-state index in [4.69, 9.17) is 4.74 Å². The molecule has 0 atom stereocenters. The number of benzene rings is 2. The zero-order chi connectivity index (χ0) is 19.3. The first-order valence-corrected chi connectivity index (χ1v) is 8.29. The lowest BCUT2D eigenvalue weighted by Gasteiger charge is -2.13. The van der Waals surface area contributed by atoms with Crippen LogP contribution in [0.1, 0.15) is 37.6 Å². The monoisotopic (exact) mass is 366 g/mol. The Kier molecular flexibility index (Phi) is 6.29. The fourth-order valence-corrected chi connectivity index (χ4v) is 2.36. The molecule has 0 aromatic heterocycles. The van der Waals surface area contributed by atoms with E-state index in [9.17, 15) is 18.0 Å². The summed E-state index contributed by atoms with van der Waals surface area (Å²) in [5.74, 6) is 0.580. The van der Waals surface area contributed by atoms with E-state index < -0.39 is 6.36 Å². The van der Waals surface area contributed by atoms with Crippen LogP contribution in [0.3, 0.4) is 0 Å². The molecule has 0 saturated heterocycles. The van der Waals surface area contributed by atoms with Crippen molar-refractivity contribution < 1.29 is 27.4 Å². The van der Waals surface area contributed by atoms with E-state index in [0.29, 0.717) is 35.0 Å². The Bertz CT molecular complexity index is 750. The Morgan fingerprint density at radius 2 is 1.65 bits per heavy atom. The third-order valence-corrected chi connectivity index (χ3v) is 3.73. The van der Waals surface area contributed by atoms with Crippen molar-refractivity contribution in [3.8, 4) is 22.6 Å². The molecule has 2 rings (SSSR count). The van der Waals surface area contributed by atoms with Gasteiger partial charge in [-0.3, -0.25) is 4.79 Å². The van der Waals surface area contributed by atoms with Crippen LogP contribution in [-0.2, 0) is 0 Å². The van der Waals surface area contributed by atoms with Crippen molar-refractivity contribution in [2.45, 2.75) is 33.6 Å². The average molecular weight is 366 g/mol. The lowest BCUT2D eigenvalue weighted by Crippen LogP contribution is -2.16. The second-order valence-corrected chi connectivity index (χ2v) is 6.37. The van der Waals surface area contributed by atoms with Crippen molar-refractivity contribution in [1.29, 1.82) is 0 Å². The van der Waals surface area contributed by atoms with Gasteiger partial charge in [-0.1, -0.05) is 32.0 Å². The molecule has 26 heavy (non-hydrogen) atoms. The second-order valence-electron chi connectivity index (χ2n) is 6.37. The number of halogens is 3. The SMILES string of the molecule is CC(=O)c1cc(-c2ccc(OC(F)(F)F)cc2)ccc1OCCC(C)C. The minimum absolute atomic E-state index is 0.136. The van der Waals surface area contributed by atoms with Crippen molar-refractivity contribution in [2.24, 2.45) is 5.92 Å². The van der Waals surface area contributed by atoms with Crippen LogP contribution in [-0.4, -0.2) is 18.8 Å². The van der Waals surface area contributed by atoms with Crippen LogP contribution in [0.25, 0.3) is 11.1 Å². The highest BCUT2D eigenvalue weighted by Crippen LogP contribution is 2.30. The summed E-state index contributed by atoms with van der Waals surface area (Å²) in [6.07, 6.45) is -3.85. The van der Waals surface area contributed by atoms with E-state index in [-0.39, 0.29) is 11.5 Å². The van der Waals surface area contributed by atoms with Crippen LogP contribution in [0.2, 0.25) is 0 Å². The smallest absolute Gasteiger partial charge is 0.493 e. The van der Waals surface area contributed by atoms with Crippen molar-refractivity contribution in [1.82, 2.24) is 0 Å². The maximum absolute atomic E-state index is 12.2. The van der Waals surface area contributed by atoms with Gasteiger partial charge in [0.05, 0.1) is 12.2 Å². The van der Waals surface area contributed by atoms with Crippen molar-refractivity contribution >= 4 is 5.78 Å². The maximum atomic E-state index is 12.2. The summed E-state index contributed by atoms with van der Waals surface area (Å²) >= 11 is 0. The Balaban J connectivity index is 2.22. The summed E-state index contributed by atoms with van der Waals surface area (Å²) in [7, 11) is 0. The Morgan fingerprint density at radius 1 is 1.04 bits per heavy atom. The Labute approximate surface area is 150 Å². The molecule has 0 bridgehead atoms. The van der Waals surface area contributed by atoms with Gasteiger partial charge in [-0.25, -0.2) is 0 Å². The molecule has 0 radical (unpaired) electrons. The number of Topliss-reactive ketones (excluding diaryl/α,β-unsaturated/α-hetero) is 1. The first-order valence-electron chi connectivity index (χ1n) is 8.29. The molecular formula is C20H21F3O3. The highest BCUT2D eigenvalue weighted by Gasteiger charge is 2.30. The number of ether oxygens (including phenoxy) is 2. The van der Waals surface area contributed by atoms with Crippen LogP contribution in [0.15, 0.2) is 42.5 Å². The summed E-state index contributed by atoms with van der Waals surface area (Å²) < 4.78 is 46.3. The minimum Gasteiger partial charge on any atom is -0.493 e. The second kappa shape index (κ2) is 8.25. The lowest BCUT2D eigenvalue weighted by atomic mass is 10.0.